The molecule has 1 unspecified atom stereocenters. The van der Waals surface area contributed by atoms with E-state index in [4.69, 9.17) is 4.74 Å². The van der Waals surface area contributed by atoms with Gasteiger partial charge in [-0.05, 0) is 26.7 Å². The number of aliphatic hydroxyl groups is 1. The van der Waals surface area contributed by atoms with Crippen LogP contribution in [0.1, 0.15) is 41.0 Å². The van der Waals surface area contributed by atoms with E-state index in [1.807, 2.05) is 20.8 Å². The lowest BCUT2D eigenvalue weighted by Crippen LogP contribution is -2.27. The van der Waals surface area contributed by atoms with Crippen LogP contribution in [0.4, 0.5) is 0 Å². The van der Waals surface area contributed by atoms with Crippen LogP contribution in [0, 0.1) is 5.92 Å². The Hall–Kier alpha value is -0.0800. The molecule has 0 spiro atoms. The second-order valence-electron chi connectivity index (χ2n) is 4.55. The highest BCUT2D eigenvalue weighted by Crippen LogP contribution is 2.13. The molecule has 0 saturated carbocycles. The Balaban J connectivity index is 3.53. The van der Waals surface area contributed by atoms with Gasteiger partial charge in [-0.3, -0.25) is 0 Å². The normalized spacial score (nSPS) is 15.2. The van der Waals surface area contributed by atoms with Gasteiger partial charge in [-0.2, -0.15) is 0 Å². The lowest BCUT2D eigenvalue weighted by Gasteiger charge is -2.22. The molecule has 0 fully saturated rings. The lowest BCUT2D eigenvalue weighted by atomic mass is 10.0. The maximum absolute atomic E-state index is 9.47. The standard InChI is InChI=1S/C10H22O2/c1-8(2)7-12-9(3)6-10(4,5)11/h8-9,11H,6-7H2,1-5H3. The van der Waals surface area contributed by atoms with E-state index in [1.54, 1.807) is 0 Å². The van der Waals surface area contributed by atoms with Gasteiger partial charge in [0.2, 0.25) is 0 Å². The van der Waals surface area contributed by atoms with Gasteiger partial charge in [0, 0.05) is 13.0 Å². The molecule has 0 aromatic rings. The van der Waals surface area contributed by atoms with E-state index in [2.05, 4.69) is 13.8 Å². The quantitative estimate of drug-likeness (QED) is 0.692. The minimum absolute atomic E-state index is 0.146. The topological polar surface area (TPSA) is 29.5 Å². The van der Waals surface area contributed by atoms with Crippen molar-refractivity contribution in [2.45, 2.75) is 52.7 Å². The first-order chi connectivity index (χ1) is 5.31. The summed E-state index contributed by atoms with van der Waals surface area (Å²) in [5, 5.41) is 9.47. The molecule has 1 N–H and O–H groups in total. The van der Waals surface area contributed by atoms with Crippen LogP contribution < -0.4 is 0 Å². The van der Waals surface area contributed by atoms with Gasteiger partial charge in [-0.1, -0.05) is 13.8 Å². The van der Waals surface area contributed by atoms with E-state index >= 15 is 0 Å². The zero-order valence-electron chi connectivity index (χ0n) is 8.92. The molecule has 0 aliphatic carbocycles. The molecule has 0 aliphatic heterocycles. The van der Waals surface area contributed by atoms with Crippen LogP contribution >= 0.6 is 0 Å². The van der Waals surface area contributed by atoms with E-state index < -0.39 is 5.60 Å². The number of hydrogen-bond acceptors (Lipinski definition) is 2. The van der Waals surface area contributed by atoms with Gasteiger partial charge in [0.05, 0.1) is 11.7 Å². The second kappa shape index (κ2) is 4.83. The van der Waals surface area contributed by atoms with E-state index in [1.165, 1.54) is 0 Å². The Bertz CT molecular complexity index is 113. The molecule has 0 aliphatic rings. The maximum atomic E-state index is 9.47. The van der Waals surface area contributed by atoms with Crippen LogP contribution in [0.5, 0.6) is 0 Å². The zero-order chi connectivity index (χ0) is 9.78. The van der Waals surface area contributed by atoms with Gasteiger partial charge in [0.1, 0.15) is 0 Å². The second-order valence-corrected chi connectivity index (χ2v) is 4.55. The molecule has 2 nitrogen and oxygen atoms in total. The van der Waals surface area contributed by atoms with Crippen LogP contribution in [-0.2, 0) is 4.74 Å². The molecular formula is C10H22O2. The summed E-state index contributed by atoms with van der Waals surface area (Å²) in [7, 11) is 0. The molecule has 1 atom stereocenters. The summed E-state index contributed by atoms with van der Waals surface area (Å²) in [4.78, 5) is 0. The maximum Gasteiger partial charge on any atom is 0.0616 e. The van der Waals surface area contributed by atoms with Crippen LogP contribution in [0.15, 0.2) is 0 Å². The average molecular weight is 174 g/mol. The highest BCUT2D eigenvalue weighted by Gasteiger charge is 2.17. The third kappa shape index (κ3) is 8.02. The van der Waals surface area contributed by atoms with Crippen molar-refractivity contribution >= 4 is 0 Å². The highest BCUT2D eigenvalue weighted by molar-refractivity contribution is 4.69. The smallest absolute Gasteiger partial charge is 0.0616 e. The van der Waals surface area contributed by atoms with Crippen molar-refractivity contribution in [3.05, 3.63) is 0 Å². The van der Waals surface area contributed by atoms with Crippen molar-refractivity contribution in [3.8, 4) is 0 Å². The molecule has 0 saturated heterocycles. The van der Waals surface area contributed by atoms with E-state index in [0.29, 0.717) is 12.3 Å². The highest BCUT2D eigenvalue weighted by atomic mass is 16.5. The van der Waals surface area contributed by atoms with Crippen molar-refractivity contribution in [2.24, 2.45) is 5.92 Å². The first kappa shape index (κ1) is 11.9. The fraction of sp³-hybridized carbons (Fsp3) is 1.00. The SMILES string of the molecule is CC(C)COC(C)CC(C)(C)O. The van der Waals surface area contributed by atoms with Crippen molar-refractivity contribution in [3.63, 3.8) is 0 Å². The van der Waals surface area contributed by atoms with Gasteiger partial charge in [-0.15, -0.1) is 0 Å². The molecule has 2 heteroatoms. The largest absolute Gasteiger partial charge is 0.390 e. The molecule has 0 rings (SSSR count). The predicted octanol–water partition coefficient (Wildman–Crippen LogP) is 2.21. The van der Waals surface area contributed by atoms with Crippen LogP contribution in [-0.4, -0.2) is 23.4 Å². The summed E-state index contributed by atoms with van der Waals surface area (Å²) in [5.41, 5.74) is -0.615. The van der Waals surface area contributed by atoms with Crippen LogP contribution in [0.25, 0.3) is 0 Å². The number of ether oxygens (including phenoxy) is 1. The fourth-order valence-corrected chi connectivity index (χ4v) is 1.12. The number of hydrogen-bond donors (Lipinski definition) is 1. The first-order valence-corrected chi connectivity index (χ1v) is 4.65. The van der Waals surface area contributed by atoms with Crippen molar-refractivity contribution in [2.75, 3.05) is 6.61 Å². The fourth-order valence-electron chi connectivity index (χ4n) is 1.12. The molecule has 74 valence electrons. The van der Waals surface area contributed by atoms with Crippen LogP contribution in [0.3, 0.4) is 0 Å². The van der Waals surface area contributed by atoms with Gasteiger partial charge < -0.3 is 9.84 Å². The Morgan fingerprint density at radius 1 is 1.25 bits per heavy atom. The summed E-state index contributed by atoms with van der Waals surface area (Å²) >= 11 is 0. The predicted molar refractivity (Wildman–Crippen MR) is 51.2 cm³/mol. The van der Waals surface area contributed by atoms with Crippen LogP contribution in [0.2, 0.25) is 0 Å². The molecule has 0 radical (unpaired) electrons. The minimum atomic E-state index is -0.615. The molecule has 12 heavy (non-hydrogen) atoms. The summed E-state index contributed by atoms with van der Waals surface area (Å²) < 4.78 is 5.52. The zero-order valence-corrected chi connectivity index (χ0v) is 8.92. The number of rotatable bonds is 5. The monoisotopic (exact) mass is 174 g/mol. The average Bonchev–Trinajstić information content (AvgIpc) is 1.79. The Kier molecular flexibility index (Phi) is 4.80. The Labute approximate surface area is 75.9 Å². The lowest BCUT2D eigenvalue weighted by molar-refractivity contribution is -0.0199. The van der Waals surface area contributed by atoms with Gasteiger partial charge >= 0.3 is 0 Å². The van der Waals surface area contributed by atoms with E-state index in [-0.39, 0.29) is 6.10 Å². The summed E-state index contributed by atoms with van der Waals surface area (Å²) in [5.74, 6) is 0.564. The molecule has 0 heterocycles. The Morgan fingerprint density at radius 2 is 1.75 bits per heavy atom. The summed E-state index contributed by atoms with van der Waals surface area (Å²) in [6.45, 7) is 10.6. The van der Waals surface area contributed by atoms with Crippen molar-refractivity contribution in [1.82, 2.24) is 0 Å². The van der Waals surface area contributed by atoms with Gasteiger partial charge in [0.25, 0.3) is 0 Å². The summed E-state index contributed by atoms with van der Waals surface area (Å²) in [6, 6.07) is 0. The summed E-state index contributed by atoms with van der Waals surface area (Å²) in [6.07, 6.45) is 0.840. The van der Waals surface area contributed by atoms with Gasteiger partial charge in [-0.25, -0.2) is 0 Å². The van der Waals surface area contributed by atoms with Crippen molar-refractivity contribution in [1.29, 1.82) is 0 Å². The Morgan fingerprint density at radius 3 is 2.08 bits per heavy atom. The first-order valence-electron chi connectivity index (χ1n) is 4.65. The molecule has 0 aromatic heterocycles. The van der Waals surface area contributed by atoms with Gasteiger partial charge in [0.15, 0.2) is 0 Å². The van der Waals surface area contributed by atoms with E-state index in [9.17, 15) is 5.11 Å². The molecule has 0 bridgehead atoms. The molecule has 0 amide bonds. The minimum Gasteiger partial charge on any atom is -0.390 e. The third-order valence-electron chi connectivity index (χ3n) is 1.50. The van der Waals surface area contributed by atoms with Crippen molar-refractivity contribution < 1.29 is 9.84 Å². The molecule has 0 aromatic carbocycles. The molecular weight excluding hydrogens is 152 g/mol. The third-order valence-corrected chi connectivity index (χ3v) is 1.50. The van der Waals surface area contributed by atoms with E-state index in [0.717, 1.165) is 6.61 Å².